The van der Waals surface area contributed by atoms with Gasteiger partial charge in [0.25, 0.3) is 0 Å². The third-order valence-corrected chi connectivity index (χ3v) is 3.25. The van der Waals surface area contributed by atoms with Crippen LogP contribution in [-0.4, -0.2) is 4.57 Å². The van der Waals surface area contributed by atoms with Crippen LogP contribution in [0.15, 0.2) is 47.4 Å². The van der Waals surface area contributed by atoms with Crippen molar-refractivity contribution in [1.82, 2.24) is 4.57 Å². The third-order valence-electron chi connectivity index (χ3n) is 3.25. The number of pyridine rings is 1. The van der Waals surface area contributed by atoms with Gasteiger partial charge in [-0.2, -0.15) is 0 Å². The monoisotopic (exact) mass is 270 g/mol. The van der Waals surface area contributed by atoms with Gasteiger partial charge in [-0.25, -0.2) is 0 Å². The van der Waals surface area contributed by atoms with Crippen LogP contribution >= 0.6 is 0 Å². The Bertz CT molecular complexity index is 612. The predicted octanol–water partition coefficient (Wildman–Crippen LogP) is 3.20. The molecule has 0 unspecified atom stereocenters. The lowest BCUT2D eigenvalue weighted by Gasteiger charge is -2.09. The van der Waals surface area contributed by atoms with Crippen LogP contribution in [-0.2, 0) is 20.0 Å². The molecular formula is C17H22N2O. The Kier molecular flexibility index (Phi) is 4.61. The van der Waals surface area contributed by atoms with Gasteiger partial charge in [-0.3, -0.25) is 4.79 Å². The summed E-state index contributed by atoms with van der Waals surface area (Å²) in [6.07, 6.45) is 2.93. The van der Waals surface area contributed by atoms with Gasteiger partial charge in [0, 0.05) is 25.9 Å². The van der Waals surface area contributed by atoms with E-state index in [9.17, 15) is 4.79 Å². The molecular weight excluding hydrogens is 248 g/mol. The summed E-state index contributed by atoms with van der Waals surface area (Å²) in [5.74, 6) is 0.685. The number of aromatic nitrogens is 1. The standard InChI is InChI=1S/C17H22N2O/c1-13(2)10-14-4-6-15(7-5-14)11-18-16-8-9-17(20)19(3)12-16/h4-9,12-13,18H,10-11H2,1-3H3. The van der Waals surface area contributed by atoms with E-state index < -0.39 is 0 Å². The molecule has 1 N–H and O–H groups in total. The molecule has 2 rings (SSSR count). The summed E-state index contributed by atoms with van der Waals surface area (Å²) < 4.78 is 1.58. The number of rotatable bonds is 5. The molecule has 106 valence electrons. The summed E-state index contributed by atoms with van der Waals surface area (Å²) in [5.41, 5.74) is 3.59. The van der Waals surface area contributed by atoms with E-state index in [0.29, 0.717) is 5.92 Å². The van der Waals surface area contributed by atoms with Crippen molar-refractivity contribution in [2.75, 3.05) is 5.32 Å². The van der Waals surface area contributed by atoms with Crippen molar-refractivity contribution in [1.29, 1.82) is 0 Å². The maximum absolute atomic E-state index is 11.3. The first-order chi connectivity index (χ1) is 9.54. The molecule has 0 aliphatic carbocycles. The van der Waals surface area contributed by atoms with Crippen LogP contribution in [0.25, 0.3) is 0 Å². The van der Waals surface area contributed by atoms with Crippen molar-refractivity contribution in [2.24, 2.45) is 13.0 Å². The minimum Gasteiger partial charge on any atom is -0.380 e. The summed E-state index contributed by atoms with van der Waals surface area (Å²) in [4.78, 5) is 11.3. The van der Waals surface area contributed by atoms with Gasteiger partial charge < -0.3 is 9.88 Å². The largest absolute Gasteiger partial charge is 0.380 e. The highest BCUT2D eigenvalue weighted by Gasteiger charge is 1.99. The first kappa shape index (κ1) is 14.4. The van der Waals surface area contributed by atoms with Crippen molar-refractivity contribution in [3.63, 3.8) is 0 Å². The highest BCUT2D eigenvalue weighted by molar-refractivity contribution is 5.41. The zero-order chi connectivity index (χ0) is 14.5. The van der Waals surface area contributed by atoms with Gasteiger partial charge in [0.05, 0.1) is 5.69 Å². The molecule has 0 amide bonds. The quantitative estimate of drug-likeness (QED) is 0.905. The Morgan fingerprint density at radius 3 is 2.30 bits per heavy atom. The second-order valence-corrected chi connectivity index (χ2v) is 5.63. The van der Waals surface area contributed by atoms with E-state index in [1.165, 1.54) is 11.1 Å². The lowest BCUT2D eigenvalue weighted by molar-refractivity contribution is 0.647. The summed E-state index contributed by atoms with van der Waals surface area (Å²) >= 11 is 0. The number of anilines is 1. The summed E-state index contributed by atoms with van der Waals surface area (Å²) in [6, 6.07) is 12.1. The normalized spacial score (nSPS) is 10.8. The maximum Gasteiger partial charge on any atom is 0.250 e. The fraction of sp³-hybridized carbons (Fsp3) is 0.353. The van der Waals surface area contributed by atoms with Gasteiger partial charge in [-0.1, -0.05) is 38.1 Å². The molecule has 0 fully saturated rings. The molecule has 1 aromatic heterocycles. The Hall–Kier alpha value is -2.03. The lowest BCUT2D eigenvalue weighted by atomic mass is 10.0. The molecule has 1 heterocycles. The predicted molar refractivity (Wildman–Crippen MR) is 84.0 cm³/mol. The van der Waals surface area contributed by atoms with Crippen LogP contribution in [0.5, 0.6) is 0 Å². The summed E-state index contributed by atoms with van der Waals surface area (Å²) in [6.45, 7) is 5.23. The smallest absolute Gasteiger partial charge is 0.250 e. The molecule has 1 aromatic carbocycles. The van der Waals surface area contributed by atoms with Crippen LogP contribution in [0.1, 0.15) is 25.0 Å². The average Bonchev–Trinajstić information content (AvgIpc) is 2.41. The number of hydrogen-bond acceptors (Lipinski definition) is 2. The van der Waals surface area contributed by atoms with Gasteiger partial charge >= 0.3 is 0 Å². The highest BCUT2D eigenvalue weighted by atomic mass is 16.1. The van der Waals surface area contributed by atoms with Crippen LogP contribution in [0, 0.1) is 5.92 Å². The van der Waals surface area contributed by atoms with E-state index in [-0.39, 0.29) is 5.56 Å². The SMILES string of the molecule is CC(C)Cc1ccc(CNc2ccc(=O)n(C)c2)cc1. The van der Waals surface area contributed by atoms with Gasteiger partial charge in [0.2, 0.25) is 5.56 Å². The van der Waals surface area contributed by atoms with Gasteiger partial charge in [-0.05, 0) is 29.5 Å². The fourth-order valence-corrected chi connectivity index (χ4v) is 2.17. The van der Waals surface area contributed by atoms with Crippen LogP contribution in [0.4, 0.5) is 5.69 Å². The Morgan fingerprint density at radius 1 is 1.05 bits per heavy atom. The van der Waals surface area contributed by atoms with Crippen LogP contribution < -0.4 is 10.9 Å². The highest BCUT2D eigenvalue weighted by Crippen LogP contribution is 2.11. The Balaban J connectivity index is 1.96. The van der Waals surface area contributed by atoms with E-state index in [4.69, 9.17) is 0 Å². The zero-order valence-electron chi connectivity index (χ0n) is 12.4. The van der Waals surface area contributed by atoms with Crippen molar-refractivity contribution in [3.05, 3.63) is 64.1 Å². The van der Waals surface area contributed by atoms with Gasteiger partial charge in [-0.15, -0.1) is 0 Å². The molecule has 3 nitrogen and oxygen atoms in total. The first-order valence-electron chi connectivity index (χ1n) is 7.03. The van der Waals surface area contributed by atoms with E-state index in [1.54, 1.807) is 17.7 Å². The van der Waals surface area contributed by atoms with Gasteiger partial charge in [0.1, 0.15) is 0 Å². The Morgan fingerprint density at radius 2 is 1.70 bits per heavy atom. The second-order valence-electron chi connectivity index (χ2n) is 5.63. The molecule has 0 saturated heterocycles. The van der Waals surface area contributed by atoms with E-state index in [1.807, 2.05) is 12.3 Å². The minimum absolute atomic E-state index is 0.00795. The van der Waals surface area contributed by atoms with Crippen molar-refractivity contribution >= 4 is 5.69 Å². The van der Waals surface area contributed by atoms with Crippen molar-refractivity contribution in [3.8, 4) is 0 Å². The summed E-state index contributed by atoms with van der Waals surface area (Å²) in [7, 11) is 1.76. The summed E-state index contributed by atoms with van der Waals surface area (Å²) in [5, 5.41) is 3.33. The molecule has 0 radical (unpaired) electrons. The number of aryl methyl sites for hydroxylation is 1. The molecule has 0 aliphatic rings. The van der Waals surface area contributed by atoms with Crippen molar-refractivity contribution in [2.45, 2.75) is 26.8 Å². The molecule has 3 heteroatoms. The molecule has 20 heavy (non-hydrogen) atoms. The van der Waals surface area contributed by atoms with E-state index >= 15 is 0 Å². The topological polar surface area (TPSA) is 34.0 Å². The maximum atomic E-state index is 11.3. The van der Waals surface area contributed by atoms with Crippen molar-refractivity contribution < 1.29 is 0 Å². The van der Waals surface area contributed by atoms with Gasteiger partial charge in [0.15, 0.2) is 0 Å². The number of hydrogen-bond donors (Lipinski definition) is 1. The number of nitrogens with zero attached hydrogens (tertiary/aromatic N) is 1. The second kappa shape index (κ2) is 6.42. The molecule has 2 aromatic rings. The minimum atomic E-state index is 0.00795. The molecule has 0 saturated carbocycles. The molecule has 0 spiro atoms. The van der Waals surface area contributed by atoms with E-state index in [2.05, 4.69) is 43.4 Å². The van der Waals surface area contributed by atoms with Crippen LogP contribution in [0.3, 0.4) is 0 Å². The lowest BCUT2D eigenvalue weighted by Crippen LogP contribution is -2.15. The third kappa shape index (κ3) is 3.98. The van der Waals surface area contributed by atoms with Crippen LogP contribution in [0.2, 0.25) is 0 Å². The average molecular weight is 270 g/mol. The fourth-order valence-electron chi connectivity index (χ4n) is 2.17. The number of nitrogens with one attached hydrogen (secondary N) is 1. The molecule has 0 atom stereocenters. The Labute approximate surface area is 120 Å². The molecule has 0 bridgehead atoms. The first-order valence-corrected chi connectivity index (χ1v) is 7.03. The van der Waals surface area contributed by atoms with E-state index in [0.717, 1.165) is 18.7 Å². The zero-order valence-corrected chi connectivity index (χ0v) is 12.4. The number of benzene rings is 1. The molecule has 0 aliphatic heterocycles.